The molecule has 0 radical (unpaired) electrons. The number of anilines is 1. The lowest BCUT2D eigenvalue weighted by molar-refractivity contribution is -0.117. The second-order valence-electron chi connectivity index (χ2n) is 6.01. The fourth-order valence-corrected chi connectivity index (χ4v) is 3.02. The van der Waals surface area contributed by atoms with Crippen molar-refractivity contribution in [1.82, 2.24) is 10.1 Å². The van der Waals surface area contributed by atoms with E-state index in [0.717, 1.165) is 0 Å². The molecule has 4 rings (SSSR count). The minimum Gasteiger partial charge on any atom is -0.334 e. The highest BCUT2D eigenvalue weighted by molar-refractivity contribution is 5.96. The molecule has 26 heavy (non-hydrogen) atoms. The average molecular weight is 348 g/mol. The first-order valence-corrected chi connectivity index (χ1v) is 8.05. The van der Waals surface area contributed by atoms with E-state index in [1.54, 1.807) is 42.5 Å². The van der Waals surface area contributed by atoms with E-state index in [9.17, 15) is 9.18 Å². The Morgan fingerprint density at radius 2 is 2.08 bits per heavy atom. The van der Waals surface area contributed by atoms with E-state index in [-0.39, 0.29) is 36.4 Å². The standard InChI is InChI=1S/C19H13FN4O2/c20-15-6-1-2-7-16(15)24-11-14(9-17(24)25)18-22-19(26-23-18)13-5-3-4-12(8-13)10-21/h1-8,14H,9,11H2. The van der Waals surface area contributed by atoms with Crippen molar-refractivity contribution in [3.05, 3.63) is 65.7 Å². The van der Waals surface area contributed by atoms with Gasteiger partial charge in [0, 0.05) is 24.4 Å². The first-order valence-electron chi connectivity index (χ1n) is 8.05. The van der Waals surface area contributed by atoms with Gasteiger partial charge in [-0.15, -0.1) is 0 Å². The lowest BCUT2D eigenvalue weighted by Crippen LogP contribution is -2.25. The van der Waals surface area contributed by atoms with Crippen molar-refractivity contribution in [2.45, 2.75) is 12.3 Å². The number of hydrogen-bond acceptors (Lipinski definition) is 5. The Balaban J connectivity index is 1.58. The molecule has 2 aromatic carbocycles. The van der Waals surface area contributed by atoms with Crippen molar-refractivity contribution in [2.75, 3.05) is 11.4 Å². The molecule has 1 unspecified atom stereocenters. The number of amides is 1. The SMILES string of the molecule is N#Cc1cccc(-c2nc(C3CC(=O)N(c4ccccc4F)C3)no2)c1. The molecule has 1 saturated heterocycles. The summed E-state index contributed by atoms with van der Waals surface area (Å²) in [5, 5.41) is 13.0. The Kier molecular flexibility index (Phi) is 3.93. The van der Waals surface area contributed by atoms with E-state index in [0.29, 0.717) is 17.0 Å². The van der Waals surface area contributed by atoms with Crippen LogP contribution in [0.25, 0.3) is 11.5 Å². The summed E-state index contributed by atoms with van der Waals surface area (Å²) in [4.78, 5) is 18.1. The number of hydrogen-bond donors (Lipinski definition) is 0. The molecule has 3 aromatic rings. The molecule has 0 N–H and O–H groups in total. The predicted molar refractivity (Wildman–Crippen MR) is 90.6 cm³/mol. The van der Waals surface area contributed by atoms with Crippen LogP contribution in [0.5, 0.6) is 0 Å². The Morgan fingerprint density at radius 1 is 1.23 bits per heavy atom. The molecule has 0 spiro atoms. The number of nitrogens with zero attached hydrogens (tertiary/aromatic N) is 4. The van der Waals surface area contributed by atoms with Crippen LogP contribution in [0, 0.1) is 17.1 Å². The van der Waals surface area contributed by atoms with Gasteiger partial charge >= 0.3 is 0 Å². The highest BCUT2D eigenvalue weighted by Crippen LogP contribution is 2.32. The molecule has 1 atom stereocenters. The van der Waals surface area contributed by atoms with Crippen molar-refractivity contribution in [1.29, 1.82) is 5.26 Å². The summed E-state index contributed by atoms with van der Waals surface area (Å²) in [7, 11) is 0. The minimum atomic E-state index is -0.441. The van der Waals surface area contributed by atoms with Crippen molar-refractivity contribution in [2.24, 2.45) is 0 Å². The van der Waals surface area contributed by atoms with E-state index in [2.05, 4.69) is 16.2 Å². The van der Waals surface area contributed by atoms with Crippen LogP contribution in [0.15, 0.2) is 53.1 Å². The molecule has 1 amide bonds. The van der Waals surface area contributed by atoms with Gasteiger partial charge in [-0.3, -0.25) is 4.79 Å². The maximum absolute atomic E-state index is 14.0. The van der Waals surface area contributed by atoms with Gasteiger partial charge in [-0.2, -0.15) is 10.2 Å². The molecule has 128 valence electrons. The molecule has 6 nitrogen and oxygen atoms in total. The van der Waals surface area contributed by atoms with Crippen LogP contribution >= 0.6 is 0 Å². The van der Waals surface area contributed by atoms with Crippen LogP contribution < -0.4 is 4.90 Å². The van der Waals surface area contributed by atoms with Gasteiger partial charge in [0.2, 0.25) is 5.91 Å². The van der Waals surface area contributed by atoms with Crippen LogP contribution in [-0.2, 0) is 4.79 Å². The molecule has 2 heterocycles. The molecule has 1 fully saturated rings. The zero-order valence-corrected chi connectivity index (χ0v) is 13.6. The topological polar surface area (TPSA) is 83.0 Å². The molecular weight excluding hydrogens is 335 g/mol. The number of halogens is 1. The number of nitriles is 1. The summed E-state index contributed by atoms with van der Waals surface area (Å²) in [6.45, 7) is 0.289. The monoisotopic (exact) mass is 348 g/mol. The van der Waals surface area contributed by atoms with Gasteiger partial charge in [0.25, 0.3) is 5.89 Å². The average Bonchev–Trinajstić information content (AvgIpc) is 3.29. The van der Waals surface area contributed by atoms with Crippen molar-refractivity contribution < 1.29 is 13.7 Å². The van der Waals surface area contributed by atoms with Gasteiger partial charge in [0.1, 0.15) is 5.82 Å². The van der Waals surface area contributed by atoms with E-state index >= 15 is 0 Å². The van der Waals surface area contributed by atoms with E-state index in [1.165, 1.54) is 11.0 Å². The Hall–Kier alpha value is -3.53. The highest BCUT2D eigenvalue weighted by Gasteiger charge is 2.35. The van der Waals surface area contributed by atoms with Crippen molar-refractivity contribution in [3.8, 4) is 17.5 Å². The van der Waals surface area contributed by atoms with Gasteiger partial charge in [0.05, 0.1) is 17.3 Å². The summed E-state index contributed by atoms with van der Waals surface area (Å²) >= 11 is 0. The van der Waals surface area contributed by atoms with Gasteiger partial charge in [-0.1, -0.05) is 23.4 Å². The fraction of sp³-hybridized carbons (Fsp3) is 0.158. The maximum Gasteiger partial charge on any atom is 0.257 e. The molecule has 7 heteroatoms. The first-order chi connectivity index (χ1) is 12.7. The lowest BCUT2D eigenvalue weighted by Gasteiger charge is -2.16. The lowest BCUT2D eigenvalue weighted by atomic mass is 10.1. The molecule has 0 saturated carbocycles. The summed E-state index contributed by atoms with van der Waals surface area (Å²) < 4.78 is 19.3. The summed E-state index contributed by atoms with van der Waals surface area (Å²) in [6, 6.07) is 15.1. The Bertz CT molecular complexity index is 1020. The molecule has 1 aromatic heterocycles. The zero-order valence-electron chi connectivity index (χ0n) is 13.6. The number of benzene rings is 2. The number of rotatable bonds is 3. The molecule has 0 bridgehead atoms. The molecule has 1 aliphatic heterocycles. The Morgan fingerprint density at radius 3 is 2.88 bits per heavy atom. The number of carbonyl (C=O) groups is 1. The minimum absolute atomic E-state index is 0.182. The second-order valence-corrected chi connectivity index (χ2v) is 6.01. The van der Waals surface area contributed by atoms with Gasteiger partial charge in [0.15, 0.2) is 5.82 Å². The fourth-order valence-electron chi connectivity index (χ4n) is 3.02. The molecule has 0 aliphatic carbocycles. The van der Waals surface area contributed by atoms with Crippen LogP contribution in [0.1, 0.15) is 23.7 Å². The Labute approximate surface area is 148 Å². The van der Waals surface area contributed by atoms with Gasteiger partial charge in [-0.05, 0) is 30.3 Å². The zero-order chi connectivity index (χ0) is 18.1. The highest BCUT2D eigenvalue weighted by atomic mass is 19.1. The maximum atomic E-state index is 14.0. The van der Waals surface area contributed by atoms with Crippen LogP contribution in [0.4, 0.5) is 10.1 Å². The van der Waals surface area contributed by atoms with Gasteiger partial charge < -0.3 is 9.42 Å². The molecular formula is C19H13FN4O2. The summed E-state index contributed by atoms with van der Waals surface area (Å²) in [6.07, 6.45) is 0.186. The van der Waals surface area contributed by atoms with Crippen LogP contribution in [-0.4, -0.2) is 22.6 Å². The first kappa shape index (κ1) is 16.0. The second kappa shape index (κ2) is 6.41. The predicted octanol–water partition coefficient (Wildman–Crippen LogP) is 3.27. The number of para-hydroxylation sites is 1. The normalized spacial score (nSPS) is 16.7. The number of aromatic nitrogens is 2. The summed E-state index contributed by atoms with van der Waals surface area (Å²) in [5.74, 6) is -0.219. The van der Waals surface area contributed by atoms with E-state index in [1.807, 2.05) is 0 Å². The van der Waals surface area contributed by atoms with Crippen LogP contribution in [0.2, 0.25) is 0 Å². The molecule has 1 aliphatic rings. The largest absolute Gasteiger partial charge is 0.334 e. The van der Waals surface area contributed by atoms with E-state index in [4.69, 9.17) is 9.78 Å². The quantitative estimate of drug-likeness (QED) is 0.725. The van der Waals surface area contributed by atoms with E-state index < -0.39 is 5.82 Å². The smallest absolute Gasteiger partial charge is 0.257 e. The third-order valence-electron chi connectivity index (χ3n) is 4.31. The third-order valence-corrected chi connectivity index (χ3v) is 4.31. The van der Waals surface area contributed by atoms with Crippen LogP contribution in [0.3, 0.4) is 0 Å². The summed E-state index contributed by atoms with van der Waals surface area (Å²) in [5.41, 5.74) is 1.38. The van der Waals surface area contributed by atoms with Crippen molar-refractivity contribution in [3.63, 3.8) is 0 Å². The number of carbonyl (C=O) groups excluding carboxylic acids is 1. The third kappa shape index (κ3) is 2.82. The van der Waals surface area contributed by atoms with Gasteiger partial charge in [-0.25, -0.2) is 4.39 Å². The van der Waals surface area contributed by atoms with Crippen molar-refractivity contribution >= 4 is 11.6 Å².